The molecule has 8 nitrogen and oxygen atoms in total. The van der Waals surface area contributed by atoms with Crippen LogP contribution in [0.1, 0.15) is 45.2 Å². The topological polar surface area (TPSA) is 96.0 Å². The average molecular weight is 663 g/mol. The fourth-order valence-corrected chi connectivity index (χ4v) is 6.47. The third kappa shape index (κ3) is 8.32. The van der Waals surface area contributed by atoms with E-state index in [0.717, 1.165) is 9.87 Å². The summed E-state index contributed by atoms with van der Waals surface area (Å²) in [5, 5.41) is 2.92. The molecule has 2 amide bonds. The first kappa shape index (κ1) is 33.1. The molecular formula is C31H37BrFN3O5S. The number of hydrogen-bond donors (Lipinski definition) is 1. The maximum atomic E-state index is 14.1. The first-order valence-corrected chi connectivity index (χ1v) is 15.7. The lowest BCUT2D eigenvalue weighted by atomic mass is 10.1. The highest BCUT2D eigenvalue weighted by atomic mass is 79.9. The first-order valence-electron chi connectivity index (χ1n) is 13.4. The van der Waals surface area contributed by atoms with E-state index < -0.39 is 39.9 Å². The molecule has 0 aliphatic heterocycles. The largest absolute Gasteiger partial charge is 0.496 e. The van der Waals surface area contributed by atoms with Crippen molar-refractivity contribution in [2.24, 2.45) is 0 Å². The van der Waals surface area contributed by atoms with Gasteiger partial charge in [0, 0.05) is 12.1 Å². The first-order chi connectivity index (χ1) is 19.7. The minimum Gasteiger partial charge on any atom is -0.496 e. The molecule has 1 N–H and O–H groups in total. The zero-order valence-corrected chi connectivity index (χ0v) is 27.1. The van der Waals surface area contributed by atoms with E-state index in [4.69, 9.17) is 4.74 Å². The van der Waals surface area contributed by atoms with Gasteiger partial charge in [-0.3, -0.25) is 13.9 Å². The summed E-state index contributed by atoms with van der Waals surface area (Å²) in [5.74, 6) is -0.944. The van der Waals surface area contributed by atoms with E-state index in [2.05, 4.69) is 21.2 Å². The predicted octanol–water partition coefficient (Wildman–Crippen LogP) is 5.82. The number of amides is 2. The van der Waals surface area contributed by atoms with E-state index >= 15 is 0 Å². The summed E-state index contributed by atoms with van der Waals surface area (Å²) >= 11 is 3.34. The summed E-state index contributed by atoms with van der Waals surface area (Å²) in [6.07, 6.45) is 0.275. The van der Waals surface area contributed by atoms with E-state index in [1.807, 2.05) is 27.7 Å². The third-order valence-corrected chi connectivity index (χ3v) is 8.85. The summed E-state index contributed by atoms with van der Waals surface area (Å²) in [5.41, 5.74) is 1.23. The number of halogens is 2. The van der Waals surface area contributed by atoms with Crippen LogP contribution in [0, 0.1) is 12.7 Å². The lowest BCUT2D eigenvalue weighted by Crippen LogP contribution is -2.55. The Kier molecular flexibility index (Phi) is 10.8. The average Bonchev–Trinajstić information content (AvgIpc) is 2.92. The lowest BCUT2D eigenvalue weighted by molar-refractivity contribution is -0.141. The van der Waals surface area contributed by atoms with Gasteiger partial charge in [-0.05, 0) is 98.1 Å². The van der Waals surface area contributed by atoms with Crippen LogP contribution in [0.3, 0.4) is 0 Å². The molecule has 11 heteroatoms. The van der Waals surface area contributed by atoms with Crippen molar-refractivity contribution in [2.45, 2.75) is 64.1 Å². The van der Waals surface area contributed by atoms with Gasteiger partial charge in [0.1, 0.15) is 24.2 Å². The monoisotopic (exact) mass is 661 g/mol. The van der Waals surface area contributed by atoms with E-state index in [9.17, 15) is 22.4 Å². The zero-order valence-electron chi connectivity index (χ0n) is 24.6. The maximum absolute atomic E-state index is 14.1. The Morgan fingerprint density at radius 2 is 1.64 bits per heavy atom. The highest BCUT2D eigenvalue weighted by Gasteiger charge is 2.34. The van der Waals surface area contributed by atoms with E-state index in [1.54, 1.807) is 31.2 Å². The van der Waals surface area contributed by atoms with Gasteiger partial charge in [0.2, 0.25) is 11.8 Å². The number of sulfonamides is 1. The van der Waals surface area contributed by atoms with Gasteiger partial charge < -0.3 is 15.0 Å². The van der Waals surface area contributed by atoms with Crippen molar-refractivity contribution in [3.63, 3.8) is 0 Å². The molecule has 0 aromatic heterocycles. The number of benzene rings is 3. The van der Waals surface area contributed by atoms with Crippen molar-refractivity contribution in [1.29, 1.82) is 0 Å². The Balaban J connectivity index is 2.09. The van der Waals surface area contributed by atoms with Gasteiger partial charge in [-0.25, -0.2) is 12.8 Å². The summed E-state index contributed by atoms with van der Waals surface area (Å²) in [7, 11) is -2.78. The molecule has 0 aliphatic rings. The number of hydrogen-bond acceptors (Lipinski definition) is 5. The smallest absolute Gasteiger partial charge is 0.264 e. The van der Waals surface area contributed by atoms with Gasteiger partial charge >= 0.3 is 0 Å². The molecule has 226 valence electrons. The molecule has 0 saturated carbocycles. The van der Waals surface area contributed by atoms with Crippen LogP contribution in [0.5, 0.6) is 5.75 Å². The van der Waals surface area contributed by atoms with Crippen LogP contribution >= 0.6 is 15.9 Å². The number of carbonyl (C=O) groups is 2. The molecule has 0 bridgehead atoms. The standard InChI is InChI=1S/C31H37BrFN3O5S/c1-7-27(30(38)34-31(3,4)5)35(19-22-10-12-23(33)13-11-22)29(37)20-36(24-14-8-21(2)9-15-24)42(39,40)25-16-17-28(41-6)26(32)18-25/h8-18,27H,7,19-20H2,1-6H3,(H,34,38). The molecule has 0 radical (unpaired) electrons. The minimum atomic E-state index is -4.25. The van der Waals surface area contributed by atoms with Crippen molar-refractivity contribution in [2.75, 3.05) is 18.0 Å². The molecule has 0 heterocycles. The minimum absolute atomic E-state index is 0.0228. The van der Waals surface area contributed by atoms with Crippen LogP contribution in [0.2, 0.25) is 0 Å². The van der Waals surface area contributed by atoms with Crippen LogP contribution in [0.15, 0.2) is 76.1 Å². The molecule has 0 aliphatic carbocycles. The quantitative estimate of drug-likeness (QED) is 0.279. The molecule has 0 spiro atoms. The van der Waals surface area contributed by atoms with Gasteiger partial charge in [-0.1, -0.05) is 36.8 Å². The zero-order chi connectivity index (χ0) is 31.2. The highest BCUT2D eigenvalue weighted by Crippen LogP contribution is 2.31. The molecule has 0 fully saturated rings. The Labute approximate surface area is 256 Å². The van der Waals surface area contributed by atoms with Gasteiger partial charge in [-0.15, -0.1) is 0 Å². The van der Waals surface area contributed by atoms with Crippen LogP contribution in [0.25, 0.3) is 0 Å². The summed E-state index contributed by atoms with van der Waals surface area (Å²) in [6.45, 7) is 8.56. The van der Waals surface area contributed by atoms with Crippen LogP contribution in [-0.4, -0.2) is 50.4 Å². The Hall–Kier alpha value is -3.44. The molecule has 1 unspecified atom stereocenters. The number of nitrogens with one attached hydrogen (secondary N) is 1. The summed E-state index contributed by atoms with van der Waals surface area (Å²) in [4.78, 5) is 28.8. The third-order valence-electron chi connectivity index (χ3n) is 6.46. The number of nitrogens with zero attached hydrogens (tertiary/aromatic N) is 2. The Morgan fingerprint density at radius 3 is 2.17 bits per heavy atom. The maximum Gasteiger partial charge on any atom is 0.264 e. The second-order valence-electron chi connectivity index (χ2n) is 11.0. The van der Waals surface area contributed by atoms with Crippen molar-refractivity contribution in [3.8, 4) is 5.75 Å². The number of ether oxygens (including phenoxy) is 1. The van der Waals surface area contributed by atoms with Crippen molar-refractivity contribution in [3.05, 3.63) is 88.1 Å². The van der Waals surface area contributed by atoms with E-state index in [1.165, 1.54) is 54.5 Å². The van der Waals surface area contributed by atoms with Gasteiger partial charge in [0.25, 0.3) is 10.0 Å². The van der Waals surface area contributed by atoms with Crippen LogP contribution < -0.4 is 14.4 Å². The molecule has 42 heavy (non-hydrogen) atoms. The van der Waals surface area contributed by atoms with E-state index in [0.29, 0.717) is 15.8 Å². The Bertz CT molecular complexity index is 1510. The van der Waals surface area contributed by atoms with Crippen molar-refractivity contribution in [1.82, 2.24) is 10.2 Å². The molecule has 0 saturated heterocycles. The number of rotatable bonds is 11. The fraction of sp³-hybridized carbons (Fsp3) is 0.355. The number of anilines is 1. The molecule has 3 aromatic carbocycles. The molecule has 1 atom stereocenters. The second kappa shape index (κ2) is 13.7. The molecule has 3 aromatic rings. The number of methoxy groups -OCH3 is 1. The predicted molar refractivity (Wildman–Crippen MR) is 165 cm³/mol. The molecule has 3 rings (SSSR count). The van der Waals surface area contributed by atoms with Crippen molar-refractivity contribution < 1.29 is 27.1 Å². The van der Waals surface area contributed by atoms with Crippen LogP contribution in [-0.2, 0) is 26.2 Å². The Morgan fingerprint density at radius 1 is 1.02 bits per heavy atom. The SMILES string of the molecule is CCC(C(=O)NC(C)(C)C)N(Cc1ccc(F)cc1)C(=O)CN(c1ccc(C)cc1)S(=O)(=O)c1ccc(OC)c(Br)c1. The van der Waals surface area contributed by atoms with Crippen LogP contribution in [0.4, 0.5) is 10.1 Å². The molecular weight excluding hydrogens is 625 g/mol. The summed E-state index contributed by atoms with van der Waals surface area (Å²) < 4.78 is 48.5. The fourth-order valence-electron chi connectivity index (χ4n) is 4.33. The normalized spacial score (nSPS) is 12.4. The number of carbonyl (C=O) groups excluding carboxylic acids is 2. The van der Waals surface area contributed by atoms with Gasteiger partial charge in [-0.2, -0.15) is 0 Å². The summed E-state index contributed by atoms with van der Waals surface area (Å²) in [6, 6.07) is 15.9. The number of aryl methyl sites for hydroxylation is 1. The van der Waals surface area contributed by atoms with Gasteiger partial charge in [0.15, 0.2) is 0 Å². The highest BCUT2D eigenvalue weighted by molar-refractivity contribution is 9.10. The van der Waals surface area contributed by atoms with Crippen molar-refractivity contribution >= 4 is 43.5 Å². The lowest BCUT2D eigenvalue weighted by Gasteiger charge is -2.34. The van der Waals surface area contributed by atoms with E-state index in [-0.39, 0.29) is 29.5 Å². The van der Waals surface area contributed by atoms with Gasteiger partial charge in [0.05, 0.1) is 22.2 Å². The second-order valence-corrected chi connectivity index (χ2v) is 13.7.